The Morgan fingerprint density at radius 1 is 1.09 bits per heavy atom. The van der Waals surface area contributed by atoms with Crippen LogP contribution in [-0.2, 0) is 21.0 Å². The third kappa shape index (κ3) is 3.96. The molecule has 32 heavy (non-hydrogen) atoms. The molecule has 2 aromatic carbocycles. The molecule has 0 spiro atoms. The molecular weight excluding hydrogens is 442 g/mol. The summed E-state index contributed by atoms with van der Waals surface area (Å²) in [6.07, 6.45) is 1.90. The standard InChI is InChI=1S/C24H23N3O3S2/c1-5-26-20-9-7-16(12-22-23(29)27(6-2)24(31)32-22)11-18(20)19-13-17(8-10-21(19)26)14(3)25-30-15(4)28/h7-13H,5-6H2,1-4H3/b22-12-,25-14+. The lowest BCUT2D eigenvalue weighted by Gasteiger charge is -2.09. The van der Waals surface area contributed by atoms with Crippen LogP contribution in [0.25, 0.3) is 27.9 Å². The number of nitrogens with zero attached hydrogens (tertiary/aromatic N) is 3. The van der Waals surface area contributed by atoms with E-state index in [1.807, 2.05) is 32.1 Å². The normalized spacial score (nSPS) is 16.1. The molecule has 8 heteroatoms. The Labute approximate surface area is 195 Å². The summed E-state index contributed by atoms with van der Waals surface area (Å²) in [5, 5.41) is 6.08. The van der Waals surface area contributed by atoms with E-state index in [1.165, 1.54) is 18.7 Å². The highest BCUT2D eigenvalue weighted by molar-refractivity contribution is 8.26. The number of thioether (sulfide) groups is 1. The summed E-state index contributed by atoms with van der Waals surface area (Å²) in [6, 6.07) is 12.3. The van der Waals surface area contributed by atoms with Crippen LogP contribution in [-0.4, -0.2) is 37.9 Å². The van der Waals surface area contributed by atoms with E-state index in [0.717, 1.165) is 39.5 Å². The zero-order chi connectivity index (χ0) is 23.0. The maximum absolute atomic E-state index is 12.6. The van der Waals surface area contributed by atoms with E-state index in [4.69, 9.17) is 17.1 Å². The lowest BCUT2D eigenvalue weighted by atomic mass is 10.0. The molecule has 0 saturated carbocycles. The van der Waals surface area contributed by atoms with Crippen molar-refractivity contribution < 1.29 is 14.4 Å². The molecular formula is C24H23N3O3S2. The Bertz CT molecular complexity index is 1340. The van der Waals surface area contributed by atoms with Crippen molar-refractivity contribution in [2.45, 2.75) is 34.2 Å². The van der Waals surface area contributed by atoms with E-state index in [1.54, 1.807) is 4.90 Å². The summed E-state index contributed by atoms with van der Waals surface area (Å²) in [7, 11) is 0. The van der Waals surface area contributed by atoms with Gasteiger partial charge in [0.2, 0.25) is 0 Å². The summed E-state index contributed by atoms with van der Waals surface area (Å²) in [5.41, 5.74) is 4.68. The van der Waals surface area contributed by atoms with Gasteiger partial charge >= 0.3 is 5.97 Å². The number of amides is 1. The number of aromatic nitrogens is 1. The zero-order valence-corrected chi connectivity index (χ0v) is 20.0. The molecule has 4 rings (SSSR count). The van der Waals surface area contributed by atoms with Gasteiger partial charge in [0, 0.05) is 41.8 Å². The first kappa shape index (κ1) is 22.2. The van der Waals surface area contributed by atoms with Crippen LogP contribution in [0.15, 0.2) is 46.5 Å². The molecule has 0 atom stereocenters. The van der Waals surface area contributed by atoms with Crippen LogP contribution in [0.2, 0.25) is 0 Å². The largest absolute Gasteiger partial charge is 0.341 e. The number of rotatable bonds is 5. The molecule has 1 aliphatic rings. The lowest BCUT2D eigenvalue weighted by molar-refractivity contribution is -0.140. The summed E-state index contributed by atoms with van der Waals surface area (Å²) < 4.78 is 2.85. The topological polar surface area (TPSA) is 63.9 Å². The van der Waals surface area contributed by atoms with Gasteiger partial charge in [0.25, 0.3) is 5.91 Å². The minimum absolute atomic E-state index is 0.0434. The van der Waals surface area contributed by atoms with Crippen molar-refractivity contribution in [3.8, 4) is 0 Å². The van der Waals surface area contributed by atoms with E-state index < -0.39 is 5.97 Å². The van der Waals surface area contributed by atoms with Crippen molar-refractivity contribution in [2.75, 3.05) is 6.54 Å². The first-order valence-corrected chi connectivity index (χ1v) is 11.6. The molecule has 1 aromatic heterocycles. The van der Waals surface area contributed by atoms with Gasteiger partial charge in [0.1, 0.15) is 4.32 Å². The number of aryl methyl sites for hydroxylation is 1. The summed E-state index contributed by atoms with van der Waals surface area (Å²) in [4.78, 5) is 30.8. The first-order valence-electron chi connectivity index (χ1n) is 10.4. The molecule has 0 N–H and O–H groups in total. The zero-order valence-electron chi connectivity index (χ0n) is 18.3. The number of likely N-dealkylation sites (N-methyl/N-ethyl adjacent to an activating group) is 1. The van der Waals surface area contributed by atoms with Crippen molar-refractivity contribution >= 4 is 73.8 Å². The molecule has 0 radical (unpaired) electrons. The van der Waals surface area contributed by atoms with E-state index in [0.29, 0.717) is 21.5 Å². The average Bonchev–Trinajstić information content (AvgIpc) is 3.23. The number of fused-ring (bicyclic) bond motifs is 3. The maximum atomic E-state index is 12.6. The lowest BCUT2D eigenvalue weighted by Crippen LogP contribution is -2.27. The SMILES string of the molecule is CCN1C(=O)/C(=C/c2ccc3c(c2)c2cc(/C(C)=N/OC(C)=O)ccc2n3CC)SC1=S. The Morgan fingerprint density at radius 3 is 2.41 bits per heavy atom. The van der Waals surface area contributed by atoms with Crippen molar-refractivity contribution in [1.82, 2.24) is 9.47 Å². The molecule has 6 nitrogen and oxygen atoms in total. The highest BCUT2D eigenvalue weighted by atomic mass is 32.2. The van der Waals surface area contributed by atoms with Gasteiger partial charge in [-0.15, -0.1) is 0 Å². The van der Waals surface area contributed by atoms with Gasteiger partial charge in [-0.3, -0.25) is 9.69 Å². The van der Waals surface area contributed by atoms with Crippen LogP contribution in [0.1, 0.15) is 38.8 Å². The number of carbonyl (C=O) groups excluding carboxylic acids is 2. The number of hydrogen-bond donors (Lipinski definition) is 0. The average molecular weight is 466 g/mol. The van der Waals surface area contributed by atoms with Crippen molar-refractivity contribution in [1.29, 1.82) is 0 Å². The van der Waals surface area contributed by atoms with Crippen LogP contribution in [0.5, 0.6) is 0 Å². The Hall–Kier alpha value is -2.97. The molecule has 1 amide bonds. The number of carbonyl (C=O) groups is 2. The highest BCUT2D eigenvalue weighted by Gasteiger charge is 2.30. The smallest absolute Gasteiger partial charge is 0.331 e. The monoisotopic (exact) mass is 465 g/mol. The van der Waals surface area contributed by atoms with Gasteiger partial charge in [0.05, 0.1) is 10.6 Å². The number of thiocarbonyl (C=S) groups is 1. The van der Waals surface area contributed by atoms with Crippen LogP contribution in [0.4, 0.5) is 0 Å². The summed E-state index contributed by atoms with van der Waals surface area (Å²) in [5.74, 6) is -0.496. The third-order valence-corrected chi connectivity index (χ3v) is 6.80. The maximum Gasteiger partial charge on any atom is 0.331 e. The second kappa shape index (κ2) is 8.88. The third-order valence-electron chi connectivity index (χ3n) is 5.42. The molecule has 3 aromatic rings. The predicted octanol–water partition coefficient (Wildman–Crippen LogP) is 5.32. The second-order valence-electron chi connectivity index (χ2n) is 7.44. The molecule has 1 saturated heterocycles. The number of benzene rings is 2. The molecule has 0 unspecified atom stereocenters. The molecule has 1 aliphatic heterocycles. The molecule has 2 heterocycles. The molecule has 1 fully saturated rings. The predicted molar refractivity (Wildman–Crippen MR) is 135 cm³/mol. The molecule has 0 bridgehead atoms. The fourth-order valence-corrected chi connectivity index (χ4v) is 5.27. The minimum Gasteiger partial charge on any atom is -0.341 e. The van der Waals surface area contributed by atoms with E-state index >= 15 is 0 Å². The van der Waals surface area contributed by atoms with Gasteiger partial charge in [-0.05, 0) is 62.2 Å². The van der Waals surface area contributed by atoms with Crippen LogP contribution in [0, 0.1) is 0 Å². The Morgan fingerprint density at radius 2 is 1.78 bits per heavy atom. The van der Waals surface area contributed by atoms with E-state index in [9.17, 15) is 9.59 Å². The van der Waals surface area contributed by atoms with Crippen molar-refractivity contribution in [2.24, 2.45) is 5.16 Å². The fraction of sp³-hybridized carbons (Fsp3) is 0.250. The number of oxime groups is 1. The van der Waals surface area contributed by atoms with Crippen LogP contribution < -0.4 is 0 Å². The van der Waals surface area contributed by atoms with Crippen molar-refractivity contribution in [3.63, 3.8) is 0 Å². The van der Waals surface area contributed by atoms with Crippen LogP contribution >= 0.6 is 24.0 Å². The van der Waals surface area contributed by atoms with Gasteiger partial charge in [-0.2, -0.15) is 0 Å². The number of hydrogen-bond acceptors (Lipinski definition) is 6. The van der Waals surface area contributed by atoms with E-state index in [2.05, 4.69) is 40.9 Å². The van der Waals surface area contributed by atoms with Gasteiger partial charge in [0.15, 0.2) is 0 Å². The van der Waals surface area contributed by atoms with Crippen molar-refractivity contribution in [3.05, 3.63) is 52.4 Å². The Balaban J connectivity index is 1.83. The second-order valence-corrected chi connectivity index (χ2v) is 9.11. The minimum atomic E-state index is -0.453. The fourth-order valence-electron chi connectivity index (χ4n) is 3.89. The quantitative estimate of drug-likeness (QED) is 0.168. The van der Waals surface area contributed by atoms with Gasteiger partial charge in [-0.1, -0.05) is 41.3 Å². The summed E-state index contributed by atoms with van der Waals surface area (Å²) >= 11 is 6.67. The summed E-state index contributed by atoms with van der Waals surface area (Å²) in [6.45, 7) is 8.57. The van der Waals surface area contributed by atoms with E-state index in [-0.39, 0.29) is 5.91 Å². The van der Waals surface area contributed by atoms with Gasteiger partial charge < -0.3 is 9.40 Å². The molecule has 0 aliphatic carbocycles. The first-order chi connectivity index (χ1) is 15.3. The van der Waals surface area contributed by atoms with Gasteiger partial charge in [-0.25, -0.2) is 4.79 Å². The highest BCUT2D eigenvalue weighted by Crippen LogP contribution is 2.35. The molecule has 164 valence electrons. The van der Waals surface area contributed by atoms with Crippen LogP contribution in [0.3, 0.4) is 0 Å². The Kier molecular flexibility index (Phi) is 6.17.